The fourth-order valence-electron chi connectivity index (χ4n) is 1.23. The summed E-state index contributed by atoms with van der Waals surface area (Å²) in [5.41, 5.74) is 2.76. The van der Waals surface area contributed by atoms with E-state index in [1.807, 2.05) is 0 Å². The molecule has 0 bridgehead atoms. The molecule has 0 aromatic heterocycles. The van der Waals surface area contributed by atoms with Gasteiger partial charge in [0.2, 0.25) is 6.79 Å². The number of nitrogens with zero attached hydrogens (tertiary/aromatic N) is 1. The lowest BCUT2D eigenvalue weighted by atomic mass is 10.2. The Balaban J connectivity index is 2.13. The van der Waals surface area contributed by atoms with Gasteiger partial charge in [0, 0.05) is 11.6 Å². The molecule has 1 N–H and O–H groups in total. The molecule has 1 aromatic carbocycles. The molecule has 1 amide bonds. The molecule has 7 heteroatoms. The van der Waals surface area contributed by atoms with E-state index in [0.717, 1.165) is 0 Å². The van der Waals surface area contributed by atoms with Crippen molar-refractivity contribution in [3.05, 3.63) is 22.7 Å². The summed E-state index contributed by atoms with van der Waals surface area (Å²) in [5.74, 6) is 1.18. The molecular weight excluding hydrogens is 248 g/mol. The Kier molecular flexibility index (Phi) is 3.34. The van der Waals surface area contributed by atoms with Crippen LogP contribution in [0.1, 0.15) is 5.56 Å². The maximum absolute atomic E-state index is 10.7. The molecule has 90 valence electrons. The predicted octanol–water partition coefficient (Wildman–Crippen LogP) is 1.76. The Labute approximate surface area is 102 Å². The Morgan fingerprint density at radius 2 is 2.24 bits per heavy atom. The number of carbonyl (C=O) groups excluding carboxylic acids is 1. The van der Waals surface area contributed by atoms with Crippen molar-refractivity contribution in [2.75, 3.05) is 13.9 Å². The van der Waals surface area contributed by atoms with Gasteiger partial charge in [-0.2, -0.15) is 5.10 Å². The number of methoxy groups -OCH3 is 1. The van der Waals surface area contributed by atoms with E-state index in [1.165, 1.54) is 13.3 Å². The van der Waals surface area contributed by atoms with Gasteiger partial charge in [-0.25, -0.2) is 10.2 Å². The van der Waals surface area contributed by atoms with Gasteiger partial charge in [-0.15, -0.1) is 0 Å². The number of hydrogen-bond donors (Lipinski definition) is 1. The molecule has 0 atom stereocenters. The second kappa shape index (κ2) is 4.92. The van der Waals surface area contributed by atoms with Crippen molar-refractivity contribution < 1.29 is 19.0 Å². The van der Waals surface area contributed by atoms with Gasteiger partial charge in [-0.05, 0) is 6.07 Å². The van der Waals surface area contributed by atoms with E-state index in [4.69, 9.17) is 21.1 Å². The van der Waals surface area contributed by atoms with Gasteiger partial charge < -0.3 is 14.2 Å². The third-order valence-corrected chi connectivity index (χ3v) is 2.36. The maximum Gasteiger partial charge on any atom is 0.427 e. The molecule has 0 fully saturated rings. The molecule has 17 heavy (non-hydrogen) atoms. The van der Waals surface area contributed by atoms with Gasteiger partial charge in [-0.1, -0.05) is 11.6 Å². The van der Waals surface area contributed by atoms with Crippen molar-refractivity contribution in [2.45, 2.75) is 0 Å². The minimum absolute atomic E-state index is 0.173. The van der Waals surface area contributed by atoms with Crippen LogP contribution in [0.2, 0.25) is 5.02 Å². The number of rotatable bonds is 2. The number of amides is 1. The fourth-order valence-corrected chi connectivity index (χ4v) is 1.43. The van der Waals surface area contributed by atoms with Gasteiger partial charge in [0.15, 0.2) is 11.5 Å². The van der Waals surface area contributed by atoms with Gasteiger partial charge in [0.1, 0.15) is 0 Å². The summed E-state index contributed by atoms with van der Waals surface area (Å²) < 4.78 is 14.7. The molecule has 0 saturated carbocycles. The van der Waals surface area contributed by atoms with Gasteiger partial charge >= 0.3 is 6.09 Å². The predicted molar refractivity (Wildman–Crippen MR) is 60.7 cm³/mol. The van der Waals surface area contributed by atoms with Crippen LogP contribution in [-0.4, -0.2) is 26.2 Å². The topological polar surface area (TPSA) is 69.2 Å². The van der Waals surface area contributed by atoms with Crippen LogP contribution in [0.3, 0.4) is 0 Å². The molecule has 0 spiro atoms. The standard InChI is InChI=1S/C10H9ClN2O4/c1-15-10(14)13-12-4-6-2-8-9(3-7(6)11)17-5-16-8/h2-4H,5H2,1H3,(H,13,14)/b12-4-. The summed E-state index contributed by atoms with van der Waals surface area (Å²) in [5, 5.41) is 4.12. The molecule has 0 aliphatic carbocycles. The van der Waals surface area contributed by atoms with Crippen LogP contribution in [-0.2, 0) is 4.74 Å². The molecule has 0 unspecified atom stereocenters. The molecule has 6 nitrogen and oxygen atoms in total. The zero-order chi connectivity index (χ0) is 12.3. The lowest BCUT2D eigenvalue weighted by Gasteiger charge is -2.01. The number of hydrogen-bond acceptors (Lipinski definition) is 5. The van der Waals surface area contributed by atoms with E-state index >= 15 is 0 Å². The number of benzene rings is 1. The lowest BCUT2D eigenvalue weighted by Crippen LogP contribution is -2.16. The number of halogens is 1. The minimum atomic E-state index is -0.655. The molecule has 1 aromatic rings. The highest BCUT2D eigenvalue weighted by molar-refractivity contribution is 6.33. The quantitative estimate of drug-likeness (QED) is 0.647. The van der Waals surface area contributed by atoms with Gasteiger partial charge in [0.05, 0.1) is 18.3 Å². The molecule has 1 aliphatic heterocycles. The Hall–Kier alpha value is -1.95. The first-order valence-corrected chi connectivity index (χ1v) is 5.04. The van der Waals surface area contributed by atoms with E-state index in [0.29, 0.717) is 22.1 Å². The molecule has 1 heterocycles. The van der Waals surface area contributed by atoms with Crippen molar-refractivity contribution in [2.24, 2.45) is 5.10 Å². The highest BCUT2D eigenvalue weighted by Crippen LogP contribution is 2.36. The van der Waals surface area contributed by atoms with Crippen molar-refractivity contribution >= 4 is 23.9 Å². The molecule has 0 radical (unpaired) electrons. The first kappa shape index (κ1) is 11.5. The first-order chi connectivity index (χ1) is 8.20. The van der Waals surface area contributed by atoms with Crippen LogP contribution in [0.5, 0.6) is 11.5 Å². The summed E-state index contributed by atoms with van der Waals surface area (Å²) in [6, 6.07) is 3.30. The number of ether oxygens (including phenoxy) is 3. The smallest absolute Gasteiger partial charge is 0.427 e. The minimum Gasteiger partial charge on any atom is -0.454 e. The second-order valence-electron chi connectivity index (χ2n) is 3.09. The lowest BCUT2D eigenvalue weighted by molar-refractivity contribution is 0.171. The number of nitrogens with one attached hydrogen (secondary N) is 1. The van der Waals surface area contributed by atoms with E-state index in [-0.39, 0.29) is 6.79 Å². The van der Waals surface area contributed by atoms with E-state index in [9.17, 15) is 4.79 Å². The van der Waals surface area contributed by atoms with Crippen LogP contribution in [0.25, 0.3) is 0 Å². The summed E-state index contributed by atoms with van der Waals surface area (Å²) in [6.45, 7) is 0.173. The summed E-state index contributed by atoms with van der Waals surface area (Å²) >= 11 is 5.99. The van der Waals surface area contributed by atoms with Crippen LogP contribution in [0, 0.1) is 0 Å². The van der Waals surface area contributed by atoms with Crippen molar-refractivity contribution in [3.63, 3.8) is 0 Å². The van der Waals surface area contributed by atoms with Crippen LogP contribution in [0.15, 0.2) is 17.2 Å². The number of fused-ring (bicyclic) bond motifs is 1. The Morgan fingerprint density at radius 1 is 1.53 bits per heavy atom. The second-order valence-corrected chi connectivity index (χ2v) is 3.50. The largest absolute Gasteiger partial charge is 0.454 e. The average molecular weight is 257 g/mol. The summed E-state index contributed by atoms with van der Waals surface area (Å²) in [4.78, 5) is 10.7. The summed E-state index contributed by atoms with van der Waals surface area (Å²) in [6.07, 6.45) is 0.736. The Morgan fingerprint density at radius 3 is 2.94 bits per heavy atom. The van der Waals surface area contributed by atoms with E-state index in [2.05, 4.69) is 15.3 Å². The molecule has 1 aliphatic rings. The molecular formula is C10H9ClN2O4. The SMILES string of the molecule is COC(=O)N/N=C\c1cc2c(cc1Cl)OCO2. The van der Waals surface area contributed by atoms with Gasteiger partial charge in [-0.3, -0.25) is 0 Å². The maximum atomic E-state index is 10.7. The average Bonchev–Trinajstić information content (AvgIpc) is 2.76. The molecule has 0 saturated heterocycles. The van der Waals surface area contributed by atoms with E-state index < -0.39 is 6.09 Å². The normalized spacial score (nSPS) is 12.8. The number of hydrazone groups is 1. The molecule has 2 rings (SSSR count). The van der Waals surface area contributed by atoms with Crippen LogP contribution in [0.4, 0.5) is 4.79 Å². The third-order valence-electron chi connectivity index (χ3n) is 2.04. The highest BCUT2D eigenvalue weighted by atomic mass is 35.5. The third kappa shape index (κ3) is 2.59. The monoisotopic (exact) mass is 256 g/mol. The fraction of sp³-hybridized carbons (Fsp3) is 0.200. The zero-order valence-electron chi connectivity index (χ0n) is 8.90. The highest BCUT2D eigenvalue weighted by Gasteiger charge is 2.15. The van der Waals surface area contributed by atoms with Gasteiger partial charge in [0.25, 0.3) is 0 Å². The zero-order valence-corrected chi connectivity index (χ0v) is 9.65. The first-order valence-electron chi connectivity index (χ1n) is 4.67. The van der Waals surface area contributed by atoms with Crippen molar-refractivity contribution in [1.29, 1.82) is 0 Å². The summed E-state index contributed by atoms with van der Waals surface area (Å²) in [7, 11) is 1.25. The van der Waals surface area contributed by atoms with Crippen molar-refractivity contribution in [1.82, 2.24) is 5.43 Å². The van der Waals surface area contributed by atoms with Crippen LogP contribution >= 0.6 is 11.6 Å². The number of carbonyl (C=O) groups is 1. The Bertz CT molecular complexity index is 476. The van der Waals surface area contributed by atoms with E-state index in [1.54, 1.807) is 12.1 Å². The van der Waals surface area contributed by atoms with Crippen LogP contribution < -0.4 is 14.9 Å². The van der Waals surface area contributed by atoms with Crippen molar-refractivity contribution in [3.8, 4) is 11.5 Å².